The number of aromatic nitrogens is 3. The van der Waals surface area contributed by atoms with Crippen LogP contribution in [0.5, 0.6) is 6.01 Å². The van der Waals surface area contributed by atoms with Gasteiger partial charge in [0, 0.05) is 23.2 Å². The monoisotopic (exact) mass is 621 g/mol. The molecule has 234 valence electrons. The van der Waals surface area contributed by atoms with E-state index in [1.165, 1.54) is 0 Å². The second-order valence-corrected chi connectivity index (χ2v) is 17.1. The minimum atomic E-state index is -3.00. The first-order valence-electron chi connectivity index (χ1n) is 16.5. The van der Waals surface area contributed by atoms with Gasteiger partial charge in [0.15, 0.2) is 0 Å². The third-order valence-electron chi connectivity index (χ3n) is 8.37. The number of likely N-dealkylation sites (N-methyl/N-ethyl adjacent to an activating group) is 1. The lowest BCUT2D eigenvalue weighted by molar-refractivity contribution is -0.000403. The van der Waals surface area contributed by atoms with Crippen molar-refractivity contribution in [3.63, 3.8) is 0 Å². The Hall–Kier alpha value is -3.43. The number of rotatable bonds is 8. The van der Waals surface area contributed by atoms with Crippen LogP contribution >= 0.6 is 0 Å². The summed E-state index contributed by atoms with van der Waals surface area (Å²) in [7, 11) is -1.33. The zero-order valence-electron chi connectivity index (χ0n) is 29.0. The Morgan fingerprint density at radius 2 is 1.77 bits per heavy atom. The van der Waals surface area contributed by atoms with Crippen LogP contribution in [0, 0.1) is 11.3 Å². The van der Waals surface area contributed by atoms with E-state index < -0.39 is 39.1 Å². The van der Waals surface area contributed by atoms with Gasteiger partial charge in [-0.3, -0.25) is 4.90 Å². The molecule has 4 atom stereocenters. The Balaban J connectivity index is 1.52. The average molecular weight is 622 g/mol. The van der Waals surface area contributed by atoms with Crippen molar-refractivity contribution in [3.8, 4) is 12.1 Å². The van der Waals surface area contributed by atoms with Crippen LogP contribution in [0.4, 0.5) is 10.3 Å². The minimum absolute atomic E-state index is 0.00397. The molecule has 0 aliphatic carbocycles. The van der Waals surface area contributed by atoms with Crippen LogP contribution in [0.1, 0.15) is 50.9 Å². The van der Waals surface area contributed by atoms with Gasteiger partial charge in [0.05, 0.1) is 25.4 Å². The number of nitrogens with zero attached hydrogens (tertiary/aromatic N) is 6. The van der Waals surface area contributed by atoms with E-state index in [1.807, 2.05) is 54.3 Å². The smallest absolute Gasteiger partial charge is 0.322 e. The molecule has 0 N–H and O–H groups in total. The molecule has 9 nitrogen and oxygen atoms in total. The van der Waals surface area contributed by atoms with Gasteiger partial charge in [-0.05, 0) is 42.7 Å². The molecular formula is C33H43FN6O3Si. The van der Waals surface area contributed by atoms with E-state index in [0.29, 0.717) is 26.3 Å². The number of hydrogen-bond acceptors (Lipinski definition) is 9. The summed E-state index contributed by atoms with van der Waals surface area (Å²) in [5, 5.41) is 11.8. The summed E-state index contributed by atoms with van der Waals surface area (Å²) in [6, 6.07) is 21.6. The summed E-state index contributed by atoms with van der Waals surface area (Å²) < 4.78 is 58.3. The van der Waals surface area contributed by atoms with E-state index in [9.17, 15) is 9.65 Å². The predicted octanol–water partition coefficient (Wildman–Crippen LogP) is 3.72. The number of likely N-dealkylation sites (tertiary alicyclic amines) is 1. The average Bonchev–Trinajstić information content (AvgIpc) is 3.23. The molecule has 11 heteroatoms. The molecule has 3 heterocycles. The lowest BCUT2D eigenvalue weighted by Crippen LogP contribution is -2.70. The summed E-state index contributed by atoms with van der Waals surface area (Å²) in [5.74, 6) is -0.0843. The van der Waals surface area contributed by atoms with Gasteiger partial charge < -0.3 is 18.8 Å². The van der Waals surface area contributed by atoms with Crippen LogP contribution in [-0.4, -0.2) is 92.0 Å². The van der Waals surface area contributed by atoms with Crippen LogP contribution in [0.3, 0.4) is 0 Å². The molecule has 0 amide bonds. The summed E-state index contributed by atoms with van der Waals surface area (Å²) in [5.41, 5.74) is -0.855. The van der Waals surface area contributed by atoms with Crippen LogP contribution in [-0.2, 0) is 9.16 Å². The van der Waals surface area contributed by atoms with Gasteiger partial charge in [-0.15, -0.1) is 0 Å². The Bertz CT molecular complexity index is 1520. The SMILES string of the molecule is [2H]C([2H])([2H])C(Oc1nc(C#N)nc(N2CCOC[C@@](C)(O[Si](c3ccccc3)(c3ccccc3)C(C)(C)C)C2)n1)[C@@H]1C[C@@H](F)CN1C. The molecule has 0 bridgehead atoms. The topological polar surface area (TPSA) is 96.6 Å². The van der Waals surface area contributed by atoms with Gasteiger partial charge in [-0.1, -0.05) is 81.4 Å². The number of hydrogen-bond donors (Lipinski definition) is 0. The maximum absolute atomic E-state index is 14.3. The first-order valence-corrected chi connectivity index (χ1v) is 16.9. The molecule has 2 fully saturated rings. The Kier molecular flexibility index (Phi) is 8.22. The molecule has 2 saturated heterocycles. The van der Waals surface area contributed by atoms with Crippen LogP contribution in [0.15, 0.2) is 60.7 Å². The molecule has 2 aliphatic rings. The number of alkyl halides is 1. The molecule has 0 radical (unpaired) electrons. The fraction of sp³-hybridized carbons (Fsp3) is 0.515. The van der Waals surface area contributed by atoms with Gasteiger partial charge in [-0.25, -0.2) is 4.39 Å². The molecular weight excluding hydrogens is 575 g/mol. The van der Waals surface area contributed by atoms with E-state index in [4.69, 9.17) is 18.0 Å². The van der Waals surface area contributed by atoms with E-state index in [2.05, 4.69) is 60.0 Å². The molecule has 44 heavy (non-hydrogen) atoms. The fourth-order valence-electron chi connectivity index (χ4n) is 6.34. The lowest BCUT2D eigenvalue weighted by Gasteiger charge is -2.48. The number of benzene rings is 2. The predicted molar refractivity (Wildman–Crippen MR) is 171 cm³/mol. The van der Waals surface area contributed by atoms with E-state index in [-0.39, 0.29) is 35.8 Å². The summed E-state index contributed by atoms with van der Waals surface area (Å²) in [6.07, 6.45) is -2.58. The minimum Gasteiger partial charge on any atom is -0.459 e. The molecule has 0 spiro atoms. The molecule has 5 rings (SSSR count). The maximum atomic E-state index is 14.3. The van der Waals surface area contributed by atoms with Gasteiger partial charge in [-0.2, -0.15) is 20.2 Å². The molecule has 0 saturated carbocycles. The van der Waals surface area contributed by atoms with E-state index in [1.54, 1.807) is 11.9 Å². The van der Waals surface area contributed by atoms with Gasteiger partial charge >= 0.3 is 6.01 Å². The highest BCUT2D eigenvalue weighted by molar-refractivity contribution is 6.99. The summed E-state index contributed by atoms with van der Waals surface area (Å²) in [6.45, 7) is 7.48. The number of nitriles is 1. The van der Waals surface area contributed by atoms with Crippen molar-refractivity contribution in [1.82, 2.24) is 19.9 Å². The van der Waals surface area contributed by atoms with Crippen molar-refractivity contribution in [2.75, 3.05) is 44.8 Å². The van der Waals surface area contributed by atoms with Gasteiger partial charge in [0.2, 0.25) is 11.8 Å². The van der Waals surface area contributed by atoms with Crippen molar-refractivity contribution in [1.29, 1.82) is 5.26 Å². The Labute approximate surface area is 265 Å². The standard InChI is InChI=1S/C33H43FN6O3Si/c1-24(28-19-25(34)21-39(28)6)42-31-37-29(20-35)36-30(38-31)40-17-18-41-23-33(5,22-40)43-44(32(2,3)4,26-13-9-7-10-14-26)27-15-11-8-12-16-27/h7-16,24-25,28H,17-19,21-23H2,1-6H3/t24?,25-,28+,33+/m1/s1/i1D3. The second-order valence-electron chi connectivity index (χ2n) is 12.9. The molecule has 1 aromatic heterocycles. The van der Waals surface area contributed by atoms with E-state index >= 15 is 0 Å². The second kappa shape index (κ2) is 12.9. The first kappa shape index (κ1) is 28.1. The highest BCUT2D eigenvalue weighted by atomic mass is 28.4. The Morgan fingerprint density at radius 3 is 2.32 bits per heavy atom. The zero-order valence-corrected chi connectivity index (χ0v) is 27.0. The van der Waals surface area contributed by atoms with Crippen molar-refractivity contribution >= 4 is 24.6 Å². The highest BCUT2D eigenvalue weighted by Gasteiger charge is 2.54. The van der Waals surface area contributed by atoms with Crippen LogP contribution in [0.25, 0.3) is 0 Å². The van der Waals surface area contributed by atoms with Crippen LogP contribution < -0.4 is 20.0 Å². The zero-order chi connectivity index (χ0) is 34.0. The number of anilines is 1. The van der Waals surface area contributed by atoms with Crippen molar-refractivity contribution < 1.29 is 22.4 Å². The molecule has 3 aromatic rings. The molecule has 1 unspecified atom stereocenters. The lowest BCUT2D eigenvalue weighted by atomic mass is 10.1. The summed E-state index contributed by atoms with van der Waals surface area (Å²) in [4.78, 5) is 16.5. The van der Waals surface area contributed by atoms with E-state index in [0.717, 1.165) is 10.4 Å². The van der Waals surface area contributed by atoms with Crippen LogP contribution in [0.2, 0.25) is 5.04 Å². The largest absolute Gasteiger partial charge is 0.459 e. The third kappa shape index (κ3) is 6.64. The third-order valence-corrected chi connectivity index (χ3v) is 13.6. The number of ether oxygens (including phenoxy) is 2. The number of halogens is 1. The Morgan fingerprint density at radius 1 is 1.11 bits per heavy atom. The van der Waals surface area contributed by atoms with Crippen molar-refractivity contribution in [3.05, 3.63) is 66.5 Å². The maximum Gasteiger partial charge on any atom is 0.322 e. The highest BCUT2D eigenvalue weighted by Crippen LogP contribution is 2.40. The normalized spacial score (nSPS) is 25.3. The van der Waals surface area contributed by atoms with Gasteiger partial charge in [0.1, 0.15) is 18.3 Å². The quantitative estimate of drug-likeness (QED) is 0.349. The van der Waals surface area contributed by atoms with Crippen molar-refractivity contribution in [2.24, 2.45) is 0 Å². The molecule has 2 aliphatic heterocycles. The van der Waals surface area contributed by atoms with Gasteiger partial charge in [0.25, 0.3) is 8.32 Å². The molecule has 2 aromatic carbocycles. The fourth-order valence-corrected chi connectivity index (χ4v) is 11.1. The summed E-state index contributed by atoms with van der Waals surface area (Å²) >= 11 is 0. The van der Waals surface area contributed by atoms with Crippen molar-refractivity contribution in [2.45, 2.75) is 69.9 Å². The first-order chi connectivity index (χ1) is 22.1.